The summed E-state index contributed by atoms with van der Waals surface area (Å²) in [5.74, 6) is 0. The minimum absolute atomic E-state index is 0.391. The van der Waals surface area contributed by atoms with Gasteiger partial charge in [0.25, 0.3) is 0 Å². The molecule has 4 nitrogen and oxygen atoms in total. The van der Waals surface area contributed by atoms with E-state index in [4.69, 9.17) is 4.98 Å². The molecule has 2 N–H and O–H groups in total. The van der Waals surface area contributed by atoms with E-state index in [1.165, 1.54) is 30.5 Å². The molecule has 0 saturated carbocycles. The molecule has 0 atom stereocenters. The maximum absolute atomic E-state index is 10.2. The van der Waals surface area contributed by atoms with Crippen LogP contribution in [0.2, 0.25) is 0 Å². The minimum atomic E-state index is -0.391. The average Bonchev–Trinajstić information content (AvgIpc) is 3.31. The van der Waals surface area contributed by atoms with Crippen LogP contribution in [0.1, 0.15) is 43.6 Å². The summed E-state index contributed by atoms with van der Waals surface area (Å²) in [5, 5.41) is 13.4. The first-order chi connectivity index (χ1) is 16.5. The summed E-state index contributed by atoms with van der Waals surface area (Å²) in [5.41, 5.74) is 5.37. The van der Waals surface area contributed by atoms with Crippen molar-refractivity contribution in [2.75, 3.05) is 25.0 Å². The molecule has 3 aromatic rings. The number of hydrogen-bond donors (Lipinski definition) is 1. The smallest absolute Gasteiger partial charge is 0.186 e. The highest BCUT2D eigenvalue weighted by molar-refractivity contribution is 7.17. The highest BCUT2D eigenvalue weighted by atomic mass is 32.1. The van der Waals surface area contributed by atoms with E-state index >= 15 is 0 Å². The predicted molar refractivity (Wildman–Crippen MR) is 143 cm³/mol. The van der Waals surface area contributed by atoms with Crippen molar-refractivity contribution in [1.82, 2.24) is 4.98 Å². The number of quaternary nitrogens is 1. The molecule has 1 saturated heterocycles. The Labute approximate surface area is 207 Å². The van der Waals surface area contributed by atoms with Gasteiger partial charge in [-0.15, -0.1) is 0 Å². The molecule has 0 unspecified atom stereocenters. The quantitative estimate of drug-likeness (QED) is 0.260. The molecule has 2 heterocycles. The second-order valence-corrected chi connectivity index (χ2v) is 10.3. The molecule has 0 aliphatic carbocycles. The number of hydrogen-bond acceptors (Lipinski definition) is 4. The van der Waals surface area contributed by atoms with Crippen molar-refractivity contribution in [3.8, 4) is 17.3 Å². The Hall–Kier alpha value is -3.20. The zero-order chi connectivity index (χ0) is 24.1. The Kier molecular flexibility index (Phi) is 7.31. The molecule has 34 heavy (non-hydrogen) atoms. The SMILES string of the molecule is C=C(/C(C#N)=C/c1sc(N2CCCCC2)nc1-c1ccccc1)C(C)(C)c1ccccc1[NH2+]C. The third kappa shape index (κ3) is 4.84. The van der Waals surface area contributed by atoms with Crippen LogP contribution in [0.3, 0.4) is 0 Å². The van der Waals surface area contributed by atoms with Crippen LogP contribution in [0.4, 0.5) is 10.8 Å². The van der Waals surface area contributed by atoms with Crippen molar-refractivity contribution in [1.29, 1.82) is 5.26 Å². The fraction of sp³-hybridized carbons (Fsp3) is 0.310. The summed E-state index contributed by atoms with van der Waals surface area (Å²) in [4.78, 5) is 8.45. The third-order valence-corrected chi connectivity index (χ3v) is 7.80. The fourth-order valence-electron chi connectivity index (χ4n) is 4.58. The number of anilines is 1. The van der Waals surface area contributed by atoms with Gasteiger partial charge < -0.3 is 10.2 Å². The first kappa shape index (κ1) is 23.9. The Morgan fingerprint density at radius 1 is 1.09 bits per heavy atom. The molecular weight excluding hydrogens is 436 g/mol. The molecule has 5 heteroatoms. The van der Waals surface area contributed by atoms with E-state index < -0.39 is 5.41 Å². The monoisotopic (exact) mass is 469 g/mol. The Morgan fingerprint density at radius 2 is 1.76 bits per heavy atom. The maximum atomic E-state index is 10.2. The average molecular weight is 470 g/mol. The molecule has 1 fully saturated rings. The molecule has 174 valence electrons. The molecule has 0 amide bonds. The normalized spacial score (nSPS) is 14.6. The summed E-state index contributed by atoms with van der Waals surface area (Å²) >= 11 is 1.68. The molecule has 0 bridgehead atoms. The van der Waals surface area contributed by atoms with Crippen molar-refractivity contribution in [2.45, 2.75) is 38.5 Å². The van der Waals surface area contributed by atoms with Crippen LogP contribution in [0.15, 0.2) is 72.3 Å². The molecule has 1 aliphatic heterocycles. The first-order valence-corrected chi connectivity index (χ1v) is 12.8. The van der Waals surface area contributed by atoms with Crippen molar-refractivity contribution in [3.05, 3.63) is 82.8 Å². The van der Waals surface area contributed by atoms with Crippen molar-refractivity contribution in [3.63, 3.8) is 0 Å². The first-order valence-electron chi connectivity index (χ1n) is 12.0. The van der Waals surface area contributed by atoms with Gasteiger partial charge in [0.15, 0.2) is 5.13 Å². The van der Waals surface area contributed by atoms with E-state index in [1.807, 2.05) is 37.4 Å². The number of aromatic nitrogens is 1. The Balaban J connectivity index is 1.77. The summed E-state index contributed by atoms with van der Waals surface area (Å²) < 4.78 is 0. The number of rotatable bonds is 7. The standard InChI is InChI=1S/C29H32N4S/c1-21(29(2,3)24-15-9-10-16-25(24)31-4)23(20-30)19-26-27(22-13-7-5-8-14-22)32-28(34-26)33-17-11-6-12-18-33/h5,7-10,13-16,19,31H,1,6,11-12,17-18H2,2-4H3/p+1/b23-19+. The largest absolute Gasteiger partial charge is 0.348 e. The van der Waals surface area contributed by atoms with E-state index in [0.717, 1.165) is 39.9 Å². The zero-order valence-corrected chi connectivity index (χ0v) is 21.2. The van der Waals surface area contributed by atoms with Crippen LogP contribution in [0, 0.1) is 11.3 Å². The van der Waals surface area contributed by atoms with Gasteiger partial charge in [-0.25, -0.2) is 4.98 Å². The van der Waals surface area contributed by atoms with Crippen molar-refractivity contribution >= 4 is 28.2 Å². The number of nitrogens with two attached hydrogens (primary N) is 1. The predicted octanol–water partition coefficient (Wildman–Crippen LogP) is 6.07. The molecular formula is C29H33N4S+. The highest BCUT2D eigenvalue weighted by Crippen LogP contribution is 2.40. The van der Waals surface area contributed by atoms with Gasteiger partial charge in [0.2, 0.25) is 0 Å². The lowest BCUT2D eigenvalue weighted by molar-refractivity contribution is -0.540. The van der Waals surface area contributed by atoms with Gasteiger partial charge in [0, 0.05) is 29.6 Å². The molecule has 4 rings (SSSR count). The van der Waals surface area contributed by atoms with E-state index in [9.17, 15) is 5.26 Å². The number of allylic oxidation sites excluding steroid dienone is 2. The van der Waals surface area contributed by atoms with Crippen LogP contribution in [0.25, 0.3) is 17.3 Å². The number of para-hydroxylation sites is 1. The molecule has 2 aromatic carbocycles. The number of thiazole rings is 1. The zero-order valence-electron chi connectivity index (χ0n) is 20.3. The van der Waals surface area contributed by atoms with E-state index in [-0.39, 0.29) is 0 Å². The third-order valence-electron chi connectivity index (χ3n) is 6.74. The highest BCUT2D eigenvalue weighted by Gasteiger charge is 2.30. The summed E-state index contributed by atoms with van der Waals surface area (Å²) in [6.45, 7) is 10.8. The van der Waals surface area contributed by atoms with E-state index in [2.05, 4.69) is 67.0 Å². The van der Waals surface area contributed by atoms with Crippen LogP contribution in [-0.4, -0.2) is 25.1 Å². The number of nitriles is 1. The van der Waals surface area contributed by atoms with Crippen LogP contribution in [0.5, 0.6) is 0 Å². The molecule has 0 radical (unpaired) electrons. The number of benzene rings is 2. The van der Waals surface area contributed by atoms with Gasteiger partial charge in [-0.05, 0) is 37.0 Å². The Morgan fingerprint density at radius 3 is 2.44 bits per heavy atom. The lowest BCUT2D eigenvalue weighted by Crippen LogP contribution is -2.73. The molecule has 0 spiro atoms. The summed E-state index contributed by atoms with van der Waals surface area (Å²) in [7, 11) is 2.05. The topological polar surface area (TPSA) is 56.5 Å². The van der Waals surface area contributed by atoms with Gasteiger partial charge in [-0.3, -0.25) is 0 Å². The second-order valence-electron chi connectivity index (χ2n) is 9.27. The van der Waals surface area contributed by atoms with Gasteiger partial charge in [0.1, 0.15) is 5.69 Å². The van der Waals surface area contributed by atoms with Gasteiger partial charge in [-0.2, -0.15) is 5.26 Å². The lowest BCUT2D eigenvalue weighted by Gasteiger charge is -2.28. The lowest BCUT2D eigenvalue weighted by atomic mass is 9.74. The number of nitrogens with zero attached hydrogens (tertiary/aromatic N) is 3. The Bertz CT molecular complexity index is 1220. The van der Waals surface area contributed by atoms with Crippen molar-refractivity contribution < 1.29 is 5.32 Å². The van der Waals surface area contributed by atoms with E-state index in [0.29, 0.717) is 5.57 Å². The van der Waals surface area contributed by atoms with E-state index in [1.54, 1.807) is 11.3 Å². The fourth-order valence-corrected chi connectivity index (χ4v) is 5.66. The van der Waals surface area contributed by atoms with Gasteiger partial charge >= 0.3 is 0 Å². The maximum Gasteiger partial charge on any atom is 0.186 e. The second kappa shape index (κ2) is 10.4. The van der Waals surface area contributed by atoms with Crippen LogP contribution in [-0.2, 0) is 5.41 Å². The van der Waals surface area contributed by atoms with Crippen LogP contribution >= 0.6 is 11.3 Å². The molecule has 1 aliphatic rings. The van der Waals surface area contributed by atoms with Crippen LogP contribution < -0.4 is 10.2 Å². The number of piperidine rings is 1. The summed E-state index contributed by atoms with van der Waals surface area (Å²) in [6.07, 6.45) is 5.68. The molecule has 1 aromatic heterocycles. The van der Waals surface area contributed by atoms with Crippen molar-refractivity contribution in [2.24, 2.45) is 0 Å². The summed E-state index contributed by atoms with van der Waals surface area (Å²) in [6, 6.07) is 21.1. The van der Waals surface area contributed by atoms with Gasteiger partial charge in [-0.1, -0.05) is 80.3 Å². The van der Waals surface area contributed by atoms with Gasteiger partial charge in [0.05, 0.1) is 29.3 Å². The minimum Gasteiger partial charge on any atom is -0.348 e.